The fourth-order valence-corrected chi connectivity index (χ4v) is 3.31. The molecule has 0 aliphatic heterocycles. The summed E-state index contributed by atoms with van der Waals surface area (Å²) in [5.74, 6) is 0. The maximum Gasteiger partial charge on any atom is 0.294 e. The number of hydrogen-bond acceptors (Lipinski definition) is 3. The van der Waals surface area contributed by atoms with Gasteiger partial charge in [0, 0.05) is 11.1 Å². The summed E-state index contributed by atoms with van der Waals surface area (Å²) in [4.78, 5) is 0.00866. The van der Waals surface area contributed by atoms with Gasteiger partial charge in [0.2, 0.25) is 0 Å². The van der Waals surface area contributed by atoms with E-state index in [1.807, 2.05) is 12.1 Å². The van der Waals surface area contributed by atoms with E-state index in [0.29, 0.717) is 17.7 Å². The van der Waals surface area contributed by atoms with E-state index in [1.165, 1.54) is 6.07 Å². The van der Waals surface area contributed by atoms with Gasteiger partial charge >= 0.3 is 0 Å². The van der Waals surface area contributed by atoms with E-state index in [1.54, 1.807) is 6.07 Å². The minimum absolute atomic E-state index is 0.00866. The van der Waals surface area contributed by atoms with Crippen molar-refractivity contribution in [2.75, 3.05) is 5.73 Å². The Morgan fingerprint density at radius 3 is 2.59 bits per heavy atom. The Kier molecular flexibility index (Phi) is 1.99. The molecule has 2 aromatic rings. The lowest BCUT2D eigenvalue weighted by Crippen LogP contribution is -2.02. The van der Waals surface area contributed by atoms with Gasteiger partial charge in [-0.15, -0.1) is 0 Å². The molecule has 88 valence electrons. The molecule has 0 heterocycles. The van der Waals surface area contributed by atoms with E-state index >= 15 is 0 Å². The summed E-state index contributed by atoms with van der Waals surface area (Å²) in [5, 5.41) is 1.75. The van der Waals surface area contributed by atoms with Crippen molar-refractivity contribution in [2.45, 2.75) is 17.7 Å². The van der Waals surface area contributed by atoms with Crippen molar-refractivity contribution >= 4 is 26.6 Å². The molecule has 5 heteroatoms. The number of anilines is 1. The van der Waals surface area contributed by atoms with Crippen molar-refractivity contribution in [2.24, 2.45) is 0 Å². The molecule has 0 fully saturated rings. The average molecular weight is 249 g/mol. The fourth-order valence-electron chi connectivity index (χ4n) is 2.56. The Hall–Kier alpha value is -1.59. The molecule has 0 bridgehead atoms. The van der Waals surface area contributed by atoms with Gasteiger partial charge < -0.3 is 5.73 Å². The maximum atomic E-state index is 11.3. The first-order valence-electron chi connectivity index (χ1n) is 5.29. The fraction of sp³-hybridized carbons (Fsp3) is 0.167. The van der Waals surface area contributed by atoms with E-state index in [2.05, 4.69) is 0 Å². The lowest BCUT2D eigenvalue weighted by molar-refractivity contribution is 0.482. The first-order chi connectivity index (χ1) is 7.98. The third-order valence-electron chi connectivity index (χ3n) is 3.29. The molecule has 0 saturated carbocycles. The van der Waals surface area contributed by atoms with Crippen molar-refractivity contribution in [1.29, 1.82) is 0 Å². The Balaban J connectivity index is 2.51. The van der Waals surface area contributed by atoms with Crippen molar-refractivity contribution in [3.63, 3.8) is 0 Å². The van der Waals surface area contributed by atoms with Crippen LogP contribution in [0.3, 0.4) is 0 Å². The molecule has 0 atom stereocenters. The first-order valence-corrected chi connectivity index (χ1v) is 6.73. The molecule has 3 N–H and O–H groups in total. The second kappa shape index (κ2) is 3.21. The van der Waals surface area contributed by atoms with Crippen LogP contribution in [-0.4, -0.2) is 13.0 Å². The van der Waals surface area contributed by atoms with E-state index in [0.717, 1.165) is 22.8 Å². The highest BCUT2D eigenvalue weighted by molar-refractivity contribution is 7.85. The molecule has 0 spiro atoms. The third-order valence-corrected chi connectivity index (χ3v) is 4.23. The smallest absolute Gasteiger partial charge is 0.294 e. The second-order valence-electron chi connectivity index (χ2n) is 4.25. The van der Waals surface area contributed by atoms with Gasteiger partial charge in [-0.2, -0.15) is 8.42 Å². The summed E-state index contributed by atoms with van der Waals surface area (Å²) in [7, 11) is -4.16. The van der Waals surface area contributed by atoms with Crippen LogP contribution in [0.4, 0.5) is 5.69 Å². The van der Waals surface area contributed by atoms with E-state index in [4.69, 9.17) is 5.73 Å². The third kappa shape index (κ3) is 1.43. The molecule has 0 amide bonds. The zero-order valence-electron chi connectivity index (χ0n) is 8.97. The highest BCUT2D eigenvalue weighted by Crippen LogP contribution is 2.37. The monoisotopic (exact) mass is 249 g/mol. The van der Waals surface area contributed by atoms with Gasteiger partial charge in [0.25, 0.3) is 10.1 Å². The summed E-state index contributed by atoms with van der Waals surface area (Å²) in [6, 6.07) is 6.84. The molecule has 0 unspecified atom stereocenters. The largest absolute Gasteiger partial charge is 0.398 e. The molecular weight excluding hydrogens is 238 g/mol. The molecule has 2 aromatic carbocycles. The van der Waals surface area contributed by atoms with Crippen molar-refractivity contribution in [1.82, 2.24) is 0 Å². The van der Waals surface area contributed by atoms with E-state index in [9.17, 15) is 13.0 Å². The first kappa shape index (κ1) is 10.6. The minimum Gasteiger partial charge on any atom is -0.398 e. The van der Waals surface area contributed by atoms with Gasteiger partial charge in [-0.1, -0.05) is 12.1 Å². The van der Waals surface area contributed by atoms with Gasteiger partial charge in [0.1, 0.15) is 0 Å². The summed E-state index contributed by atoms with van der Waals surface area (Å²) >= 11 is 0. The van der Waals surface area contributed by atoms with Crippen LogP contribution in [0.2, 0.25) is 0 Å². The Bertz CT molecular complexity index is 735. The standard InChI is InChI=1S/C12H11NO3S/c13-10-5-2-7-1-3-9-11(17(14,15)16)6-4-8(10)12(7)9/h2,4-6H,1,3,13H2,(H,14,15,16). The summed E-state index contributed by atoms with van der Waals surface area (Å²) in [6.07, 6.45) is 1.42. The lowest BCUT2D eigenvalue weighted by atomic mass is 10.0. The number of hydrogen-bond donors (Lipinski definition) is 2. The predicted octanol–water partition coefficient (Wildman–Crippen LogP) is 1.77. The van der Waals surface area contributed by atoms with Crippen LogP contribution in [0.5, 0.6) is 0 Å². The molecule has 4 nitrogen and oxygen atoms in total. The van der Waals surface area contributed by atoms with Crippen molar-refractivity contribution in [3.8, 4) is 0 Å². The van der Waals surface area contributed by atoms with E-state index < -0.39 is 10.1 Å². The average Bonchev–Trinajstić information content (AvgIpc) is 2.67. The summed E-state index contributed by atoms with van der Waals surface area (Å²) < 4.78 is 31.8. The van der Waals surface area contributed by atoms with Gasteiger partial charge in [-0.25, -0.2) is 0 Å². The van der Waals surface area contributed by atoms with Crippen LogP contribution in [0.1, 0.15) is 11.1 Å². The minimum atomic E-state index is -4.16. The molecular formula is C12H11NO3S. The highest BCUT2D eigenvalue weighted by Gasteiger charge is 2.23. The van der Waals surface area contributed by atoms with Gasteiger partial charge in [-0.05, 0) is 41.5 Å². The van der Waals surface area contributed by atoms with Crippen LogP contribution >= 0.6 is 0 Å². The quantitative estimate of drug-likeness (QED) is 0.596. The van der Waals surface area contributed by atoms with Crippen LogP contribution < -0.4 is 5.73 Å². The SMILES string of the molecule is Nc1ccc2c3c(c(S(=O)(=O)O)ccc13)CC2. The Morgan fingerprint density at radius 1 is 1.12 bits per heavy atom. The van der Waals surface area contributed by atoms with Crippen LogP contribution in [0.15, 0.2) is 29.2 Å². The van der Waals surface area contributed by atoms with Gasteiger partial charge in [0.15, 0.2) is 0 Å². The molecule has 0 aromatic heterocycles. The highest BCUT2D eigenvalue weighted by atomic mass is 32.2. The molecule has 3 rings (SSSR count). The van der Waals surface area contributed by atoms with Crippen molar-refractivity contribution < 1.29 is 13.0 Å². The zero-order chi connectivity index (χ0) is 12.2. The van der Waals surface area contributed by atoms with Crippen LogP contribution in [0.25, 0.3) is 10.8 Å². The molecule has 1 aliphatic carbocycles. The number of benzene rings is 2. The normalized spacial score (nSPS) is 14.4. The zero-order valence-corrected chi connectivity index (χ0v) is 9.79. The Labute approximate surface area is 98.8 Å². The number of aryl methyl sites for hydroxylation is 2. The molecule has 1 aliphatic rings. The molecule has 0 saturated heterocycles. The topological polar surface area (TPSA) is 80.4 Å². The second-order valence-corrected chi connectivity index (χ2v) is 5.64. The van der Waals surface area contributed by atoms with Crippen molar-refractivity contribution in [3.05, 3.63) is 35.4 Å². The number of rotatable bonds is 1. The van der Waals surface area contributed by atoms with Crippen LogP contribution in [-0.2, 0) is 23.0 Å². The molecule has 17 heavy (non-hydrogen) atoms. The summed E-state index contributed by atoms with van der Waals surface area (Å²) in [6.45, 7) is 0. The molecule has 0 radical (unpaired) electrons. The number of nitrogen functional groups attached to an aromatic ring is 1. The lowest BCUT2D eigenvalue weighted by Gasteiger charge is -2.08. The summed E-state index contributed by atoms with van der Waals surface area (Å²) in [5.41, 5.74) is 8.28. The van der Waals surface area contributed by atoms with Crippen LogP contribution in [0, 0.1) is 0 Å². The van der Waals surface area contributed by atoms with Gasteiger partial charge in [-0.3, -0.25) is 4.55 Å². The van der Waals surface area contributed by atoms with Gasteiger partial charge in [0.05, 0.1) is 4.90 Å². The Morgan fingerprint density at radius 2 is 1.88 bits per heavy atom. The van der Waals surface area contributed by atoms with E-state index in [-0.39, 0.29) is 4.90 Å². The predicted molar refractivity (Wildman–Crippen MR) is 65.6 cm³/mol. The number of nitrogens with two attached hydrogens (primary N) is 1. The maximum absolute atomic E-state index is 11.3.